The number of hydrogen-bond donors (Lipinski definition) is 1. The van der Waals surface area contributed by atoms with E-state index in [1.807, 2.05) is 0 Å². The molecule has 0 heterocycles. The van der Waals surface area contributed by atoms with E-state index in [2.05, 4.69) is 21.4 Å². The first-order chi connectivity index (χ1) is 8.19. The molecule has 17 heavy (non-hydrogen) atoms. The van der Waals surface area contributed by atoms with Crippen molar-refractivity contribution in [1.29, 1.82) is 0 Å². The summed E-state index contributed by atoms with van der Waals surface area (Å²) in [7, 11) is 3.10. The first-order valence-corrected chi connectivity index (χ1v) is 5.73. The molecule has 1 aromatic rings. The van der Waals surface area contributed by atoms with Crippen LogP contribution in [0.25, 0.3) is 0 Å². The molecule has 1 N–H and O–H groups in total. The number of methoxy groups -OCH3 is 2. The fraction of sp³-hybridized carbons (Fsp3) is 0.364. The molecule has 0 aliphatic carbocycles. The van der Waals surface area contributed by atoms with Gasteiger partial charge in [0.05, 0.1) is 25.9 Å². The third-order valence-electron chi connectivity index (χ3n) is 1.97. The lowest BCUT2D eigenvalue weighted by atomic mass is 10.2. The van der Waals surface area contributed by atoms with Crippen molar-refractivity contribution in [3.8, 4) is 5.75 Å². The predicted octanol–water partition coefficient (Wildman–Crippen LogP) is 1.77. The van der Waals surface area contributed by atoms with Crippen LogP contribution >= 0.6 is 15.9 Å². The summed E-state index contributed by atoms with van der Waals surface area (Å²) in [6.45, 7) is 0.712. The third-order valence-corrected chi connectivity index (χ3v) is 2.66. The van der Waals surface area contributed by atoms with Crippen molar-refractivity contribution in [1.82, 2.24) is 5.48 Å². The van der Waals surface area contributed by atoms with Gasteiger partial charge in [0.15, 0.2) is 0 Å². The Morgan fingerprint density at radius 2 is 2.12 bits per heavy atom. The van der Waals surface area contributed by atoms with Gasteiger partial charge in [0.1, 0.15) is 5.75 Å². The van der Waals surface area contributed by atoms with Crippen molar-refractivity contribution in [2.45, 2.75) is 0 Å². The second-order valence-electron chi connectivity index (χ2n) is 3.12. The van der Waals surface area contributed by atoms with Gasteiger partial charge in [-0.05, 0) is 34.1 Å². The molecule has 0 aliphatic rings. The number of amides is 1. The van der Waals surface area contributed by atoms with Crippen molar-refractivity contribution in [3.63, 3.8) is 0 Å². The van der Waals surface area contributed by atoms with Crippen molar-refractivity contribution < 1.29 is 19.1 Å². The fourth-order valence-corrected chi connectivity index (χ4v) is 1.53. The Kier molecular flexibility index (Phi) is 5.96. The maximum absolute atomic E-state index is 11.7. The highest BCUT2D eigenvalue weighted by Crippen LogP contribution is 2.22. The first-order valence-electron chi connectivity index (χ1n) is 4.93. The Hall–Kier alpha value is -1.11. The molecule has 0 bridgehead atoms. The molecule has 0 unspecified atom stereocenters. The number of benzene rings is 1. The second-order valence-corrected chi connectivity index (χ2v) is 3.97. The number of rotatable bonds is 6. The van der Waals surface area contributed by atoms with Crippen LogP contribution in [0.3, 0.4) is 0 Å². The molecule has 0 spiro atoms. The van der Waals surface area contributed by atoms with Crippen molar-refractivity contribution in [3.05, 3.63) is 28.2 Å². The minimum absolute atomic E-state index is 0.295. The Morgan fingerprint density at radius 3 is 2.76 bits per heavy atom. The highest BCUT2D eigenvalue weighted by molar-refractivity contribution is 9.10. The summed E-state index contributed by atoms with van der Waals surface area (Å²) >= 11 is 3.29. The van der Waals surface area contributed by atoms with Crippen LogP contribution in [0.2, 0.25) is 0 Å². The number of ether oxygens (including phenoxy) is 2. The number of carbonyl (C=O) groups excluding carboxylic acids is 1. The zero-order valence-electron chi connectivity index (χ0n) is 9.66. The smallest absolute Gasteiger partial charge is 0.276 e. The molecular formula is C11H14BrNO4. The van der Waals surface area contributed by atoms with E-state index in [9.17, 15) is 4.79 Å². The molecule has 5 nitrogen and oxygen atoms in total. The topological polar surface area (TPSA) is 56.8 Å². The van der Waals surface area contributed by atoms with Crippen LogP contribution in [-0.2, 0) is 9.57 Å². The molecule has 1 aromatic carbocycles. The van der Waals surface area contributed by atoms with E-state index >= 15 is 0 Å². The van der Waals surface area contributed by atoms with Gasteiger partial charge in [0, 0.05) is 11.6 Å². The largest absolute Gasteiger partial charge is 0.497 e. The van der Waals surface area contributed by atoms with Crippen LogP contribution < -0.4 is 10.2 Å². The normalized spacial score (nSPS) is 10.1. The second kappa shape index (κ2) is 7.26. The zero-order chi connectivity index (χ0) is 12.7. The molecular weight excluding hydrogens is 290 g/mol. The van der Waals surface area contributed by atoms with Crippen molar-refractivity contribution in [2.24, 2.45) is 0 Å². The number of hydrogen-bond acceptors (Lipinski definition) is 4. The Bertz CT molecular complexity index is 384. The fourth-order valence-electron chi connectivity index (χ4n) is 1.10. The lowest BCUT2D eigenvalue weighted by Gasteiger charge is -2.08. The minimum atomic E-state index is -0.341. The molecule has 0 radical (unpaired) electrons. The van der Waals surface area contributed by atoms with Gasteiger partial charge in [-0.3, -0.25) is 9.63 Å². The van der Waals surface area contributed by atoms with Gasteiger partial charge >= 0.3 is 0 Å². The van der Waals surface area contributed by atoms with E-state index in [4.69, 9.17) is 14.3 Å². The third kappa shape index (κ3) is 4.33. The molecule has 0 saturated carbocycles. The highest BCUT2D eigenvalue weighted by atomic mass is 79.9. The molecule has 94 valence electrons. The van der Waals surface area contributed by atoms with Crippen molar-refractivity contribution in [2.75, 3.05) is 27.4 Å². The monoisotopic (exact) mass is 303 g/mol. The lowest BCUT2D eigenvalue weighted by Crippen LogP contribution is -2.25. The van der Waals surface area contributed by atoms with E-state index in [1.165, 1.54) is 0 Å². The summed E-state index contributed by atoms with van der Waals surface area (Å²) in [5.41, 5.74) is 2.77. The SMILES string of the molecule is COCCONC(=O)c1cc(OC)ccc1Br. The predicted molar refractivity (Wildman–Crippen MR) is 66.0 cm³/mol. The lowest BCUT2D eigenvalue weighted by molar-refractivity contribution is 0.00882. The van der Waals surface area contributed by atoms with Gasteiger partial charge in [-0.1, -0.05) is 0 Å². The molecule has 0 aliphatic heterocycles. The molecule has 0 aromatic heterocycles. The minimum Gasteiger partial charge on any atom is -0.497 e. The Morgan fingerprint density at radius 1 is 1.35 bits per heavy atom. The number of hydroxylamine groups is 1. The molecule has 1 rings (SSSR count). The van der Waals surface area contributed by atoms with E-state index in [1.54, 1.807) is 32.4 Å². The van der Waals surface area contributed by atoms with E-state index < -0.39 is 0 Å². The van der Waals surface area contributed by atoms with Crippen LogP contribution in [0.1, 0.15) is 10.4 Å². The average molecular weight is 304 g/mol. The van der Waals surface area contributed by atoms with Crippen LogP contribution in [0.5, 0.6) is 5.75 Å². The van der Waals surface area contributed by atoms with Crippen molar-refractivity contribution >= 4 is 21.8 Å². The highest BCUT2D eigenvalue weighted by Gasteiger charge is 2.11. The maximum atomic E-state index is 11.7. The zero-order valence-corrected chi connectivity index (χ0v) is 11.2. The summed E-state index contributed by atoms with van der Waals surface area (Å²) in [5, 5.41) is 0. The van der Waals surface area contributed by atoms with Crippen LogP contribution in [0.15, 0.2) is 22.7 Å². The summed E-state index contributed by atoms with van der Waals surface area (Å²) in [6, 6.07) is 5.12. The molecule has 1 amide bonds. The summed E-state index contributed by atoms with van der Waals surface area (Å²) in [5.74, 6) is 0.266. The Labute approximate surface area is 108 Å². The summed E-state index contributed by atoms with van der Waals surface area (Å²) in [4.78, 5) is 16.7. The average Bonchev–Trinajstić information content (AvgIpc) is 2.35. The number of halogens is 1. The molecule has 0 saturated heterocycles. The number of carbonyl (C=O) groups is 1. The van der Waals surface area contributed by atoms with E-state index in [-0.39, 0.29) is 5.91 Å². The standard InChI is InChI=1S/C11H14BrNO4/c1-15-5-6-17-13-11(14)9-7-8(16-2)3-4-10(9)12/h3-4,7H,5-6H2,1-2H3,(H,13,14). The number of nitrogens with one attached hydrogen (secondary N) is 1. The molecule has 0 fully saturated rings. The van der Waals surface area contributed by atoms with Gasteiger partial charge < -0.3 is 9.47 Å². The van der Waals surface area contributed by atoms with E-state index in [0.29, 0.717) is 29.0 Å². The molecule has 0 atom stereocenters. The van der Waals surface area contributed by atoms with Crippen LogP contribution in [0, 0.1) is 0 Å². The molecule has 6 heteroatoms. The van der Waals surface area contributed by atoms with Gasteiger partial charge in [-0.25, -0.2) is 5.48 Å². The Balaban J connectivity index is 2.61. The van der Waals surface area contributed by atoms with Gasteiger partial charge in [-0.2, -0.15) is 0 Å². The van der Waals surface area contributed by atoms with Gasteiger partial charge in [-0.15, -0.1) is 0 Å². The van der Waals surface area contributed by atoms with Gasteiger partial charge in [0.25, 0.3) is 5.91 Å². The summed E-state index contributed by atoms with van der Waals surface area (Å²) < 4.78 is 10.5. The quantitative estimate of drug-likeness (QED) is 0.643. The summed E-state index contributed by atoms with van der Waals surface area (Å²) in [6.07, 6.45) is 0. The van der Waals surface area contributed by atoms with Crippen LogP contribution in [-0.4, -0.2) is 33.3 Å². The van der Waals surface area contributed by atoms with Gasteiger partial charge in [0.2, 0.25) is 0 Å². The first kappa shape index (κ1) is 14.0. The maximum Gasteiger partial charge on any atom is 0.276 e. The van der Waals surface area contributed by atoms with E-state index in [0.717, 1.165) is 0 Å². The van der Waals surface area contributed by atoms with Crippen LogP contribution in [0.4, 0.5) is 0 Å².